The van der Waals surface area contributed by atoms with Crippen molar-refractivity contribution in [3.63, 3.8) is 0 Å². The zero-order valence-corrected chi connectivity index (χ0v) is 15.7. The fourth-order valence-corrected chi connectivity index (χ4v) is 3.50. The Kier molecular flexibility index (Phi) is 4.65. The molecule has 2 heterocycles. The van der Waals surface area contributed by atoms with Gasteiger partial charge in [-0.1, -0.05) is 0 Å². The van der Waals surface area contributed by atoms with Gasteiger partial charge in [-0.15, -0.1) is 0 Å². The fraction of sp³-hybridized carbons (Fsp3) is 0.250. The zero-order valence-electron chi connectivity index (χ0n) is 13.5. The van der Waals surface area contributed by atoms with Crippen molar-refractivity contribution in [2.45, 2.75) is 6.54 Å². The highest BCUT2D eigenvalue weighted by molar-refractivity contribution is 14.1. The lowest BCUT2D eigenvalue weighted by molar-refractivity contribution is 0.323. The Morgan fingerprint density at radius 2 is 1.75 bits per heavy atom. The number of rotatable bonds is 5. The second-order valence-electron chi connectivity index (χ2n) is 5.10. The Morgan fingerprint density at radius 1 is 1.08 bits per heavy atom. The number of fused-ring (bicyclic) bond motifs is 1. The molecule has 0 radical (unpaired) electrons. The van der Waals surface area contributed by atoms with E-state index in [1.54, 1.807) is 21.3 Å². The number of hydrogen-bond donors (Lipinski definition) is 1. The van der Waals surface area contributed by atoms with Crippen LogP contribution in [0, 0.1) is 3.57 Å². The van der Waals surface area contributed by atoms with Crippen LogP contribution < -0.4 is 19.9 Å². The first-order valence-corrected chi connectivity index (χ1v) is 8.20. The van der Waals surface area contributed by atoms with Crippen molar-refractivity contribution in [3.8, 4) is 17.2 Å². The summed E-state index contributed by atoms with van der Waals surface area (Å²) in [4.78, 5) is 8.42. The summed E-state index contributed by atoms with van der Waals surface area (Å²) in [5.41, 5.74) is 7.75. The topological polar surface area (TPSA) is 84.4 Å². The van der Waals surface area contributed by atoms with Crippen LogP contribution in [0.3, 0.4) is 0 Å². The van der Waals surface area contributed by atoms with Gasteiger partial charge in [0.1, 0.15) is 17.8 Å². The average Bonchev–Trinajstić information content (AvgIpc) is 2.91. The molecule has 0 unspecified atom stereocenters. The highest BCUT2D eigenvalue weighted by atomic mass is 127. The Morgan fingerprint density at radius 3 is 2.33 bits per heavy atom. The summed E-state index contributed by atoms with van der Waals surface area (Å²) in [6.07, 6.45) is 3.47. The van der Waals surface area contributed by atoms with E-state index in [1.165, 1.54) is 6.33 Å². The van der Waals surface area contributed by atoms with Gasteiger partial charge in [0.15, 0.2) is 11.5 Å². The van der Waals surface area contributed by atoms with Crippen LogP contribution in [0.4, 0.5) is 5.82 Å². The fourth-order valence-electron chi connectivity index (χ4n) is 2.64. The van der Waals surface area contributed by atoms with Crippen LogP contribution >= 0.6 is 22.6 Å². The number of benzene rings is 1. The number of hydrogen-bond acceptors (Lipinski definition) is 6. The lowest BCUT2D eigenvalue weighted by atomic mass is 10.1. The van der Waals surface area contributed by atoms with E-state index in [9.17, 15) is 0 Å². The standard InChI is InChI=1S/C16H17IN4O3/c1-22-11-4-9(5-12(23-2)14(11)24-3)6-21-7-10(17)13-15(18)19-8-20-16(13)21/h4-5,7-8H,6H2,1-3H3,(H2,18,19,20). The molecular weight excluding hydrogens is 423 g/mol. The van der Waals surface area contributed by atoms with E-state index in [2.05, 4.69) is 32.6 Å². The summed E-state index contributed by atoms with van der Waals surface area (Å²) in [7, 11) is 4.79. The van der Waals surface area contributed by atoms with Crippen LogP contribution in [0.5, 0.6) is 17.2 Å². The summed E-state index contributed by atoms with van der Waals surface area (Å²) in [6.45, 7) is 0.590. The maximum atomic E-state index is 5.97. The normalized spacial score (nSPS) is 10.8. The Balaban J connectivity index is 2.08. The molecule has 0 spiro atoms. The van der Waals surface area contributed by atoms with Crippen molar-refractivity contribution in [3.05, 3.63) is 33.8 Å². The van der Waals surface area contributed by atoms with Gasteiger partial charge >= 0.3 is 0 Å². The number of nitrogens with zero attached hydrogens (tertiary/aromatic N) is 3. The van der Waals surface area contributed by atoms with Gasteiger partial charge in [0, 0.05) is 16.3 Å². The molecule has 0 aliphatic carbocycles. The van der Waals surface area contributed by atoms with Gasteiger partial charge in [-0.2, -0.15) is 0 Å². The molecule has 0 bridgehead atoms. The van der Waals surface area contributed by atoms with Crippen molar-refractivity contribution >= 4 is 39.4 Å². The van der Waals surface area contributed by atoms with E-state index in [-0.39, 0.29) is 0 Å². The molecule has 0 saturated heterocycles. The van der Waals surface area contributed by atoms with Crippen LogP contribution in [-0.2, 0) is 6.54 Å². The summed E-state index contributed by atoms with van der Waals surface area (Å²) in [5, 5.41) is 0.866. The predicted octanol–water partition coefficient (Wildman–Crippen LogP) is 2.69. The highest BCUT2D eigenvalue weighted by Gasteiger charge is 2.16. The molecule has 7 nitrogen and oxygen atoms in total. The molecule has 2 aromatic heterocycles. The minimum atomic E-state index is 0.480. The van der Waals surface area contributed by atoms with Gasteiger partial charge in [0.05, 0.1) is 26.7 Å². The Hall–Kier alpha value is -2.23. The van der Waals surface area contributed by atoms with Gasteiger partial charge in [0.2, 0.25) is 5.75 Å². The van der Waals surface area contributed by atoms with E-state index >= 15 is 0 Å². The Bertz CT molecular complexity index is 869. The monoisotopic (exact) mass is 440 g/mol. The van der Waals surface area contributed by atoms with E-state index in [4.69, 9.17) is 19.9 Å². The zero-order chi connectivity index (χ0) is 17.3. The van der Waals surface area contributed by atoms with E-state index in [0.717, 1.165) is 20.2 Å². The number of halogens is 1. The van der Waals surface area contributed by atoms with Crippen LogP contribution in [0.25, 0.3) is 11.0 Å². The number of nitrogen functional groups attached to an aromatic ring is 1. The van der Waals surface area contributed by atoms with E-state index in [1.807, 2.05) is 22.9 Å². The van der Waals surface area contributed by atoms with Crippen LogP contribution in [0.15, 0.2) is 24.7 Å². The van der Waals surface area contributed by atoms with Crippen molar-refractivity contribution < 1.29 is 14.2 Å². The van der Waals surface area contributed by atoms with Gasteiger partial charge < -0.3 is 24.5 Å². The second-order valence-corrected chi connectivity index (χ2v) is 6.26. The molecule has 0 saturated carbocycles. The molecule has 0 amide bonds. The van der Waals surface area contributed by atoms with Gasteiger partial charge in [0.25, 0.3) is 0 Å². The molecule has 3 aromatic rings. The smallest absolute Gasteiger partial charge is 0.203 e. The number of aromatic nitrogens is 3. The van der Waals surface area contributed by atoms with Crippen molar-refractivity contribution in [2.24, 2.45) is 0 Å². The summed E-state index contributed by atoms with van der Waals surface area (Å²) < 4.78 is 19.2. The molecule has 0 fully saturated rings. The van der Waals surface area contributed by atoms with Crippen LogP contribution in [-0.4, -0.2) is 35.9 Å². The highest BCUT2D eigenvalue weighted by Crippen LogP contribution is 2.38. The van der Waals surface area contributed by atoms with Crippen molar-refractivity contribution in [1.82, 2.24) is 14.5 Å². The third kappa shape index (κ3) is 2.81. The molecule has 2 N–H and O–H groups in total. The van der Waals surface area contributed by atoms with Crippen molar-refractivity contribution in [1.29, 1.82) is 0 Å². The SMILES string of the molecule is COc1cc(Cn2cc(I)c3c(N)ncnc32)cc(OC)c1OC. The first-order chi connectivity index (χ1) is 11.6. The molecule has 8 heteroatoms. The summed E-state index contributed by atoms with van der Waals surface area (Å²) in [6, 6.07) is 3.84. The first-order valence-electron chi connectivity index (χ1n) is 7.12. The molecular formula is C16H17IN4O3. The lowest BCUT2D eigenvalue weighted by Crippen LogP contribution is -2.03. The summed E-state index contributed by atoms with van der Waals surface area (Å²) in [5.74, 6) is 2.29. The van der Waals surface area contributed by atoms with E-state index < -0.39 is 0 Å². The molecule has 0 aliphatic heterocycles. The second kappa shape index (κ2) is 6.71. The largest absolute Gasteiger partial charge is 0.493 e. The summed E-state index contributed by atoms with van der Waals surface area (Å²) >= 11 is 2.24. The molecule has 126 valence electrons. The number of methoxy groups -OCH3 is 3. The van der Waals surface area contributed by atoms with Crippen molar-refractivity contribution in [2.75, 3.05) is 27.1 Å². The van der Waals surface area contributed by atoms with Gasteiger partial charge in [-0.3, -0.25) is 0 Å². The van der Waals surface area contributed by atoms with Crippen LogP contribution in [0.1, 0.15) is 5.56 Å². The number of anilines is 1. The minimum Gasteiger partial charge on any atom is -0.493 e. The number of nitrogens with two attached hydrogens (primary N) is 1. The molecule has 0 atom stereocenters. The lowest BCUT2D eigenvalue weighted by Gasteiger charge is -2.14. The van der Waals surface area contributed by atoms with Gasteiger partial charge in [-0.25, -0.2) is 9.97 Å². The van der Waals surface area contributed by atoms with Crippen LogP contribution in [0.2, 0.25) is 0 Å². The molecule has 1 aromatic carbocycles. The maximum Gasteiger partial charge on any atom is 0.203 e. The number of ether oxygens (including phenoxy) is 3. The Labute approximate surface area is 152 Å². The van der Waals surface area contributed by atoms with E-state index in [0.29, 0.717) is 29.6 Å². The maximum absolute atomic E-state index is 5.97. The molecule has 0 aliphatic rings. The predicted molar refractivity (Wildman–Crippen MR) is 99.9 cm³/mol. The quantitative estimate of drug-likeness (QED) is 0.615. The minimum absolute atomic E-state index is 0.480. The molecule has 24 heavy (non-hydrogen) atoms. The molecule has 3 rings (SSSR count). The average molecular weight is 440 g/mol. The third-order valence-corrected chi connectivity index (χ3v) is 4.53. The third-order valence-electron chi connectivity index (χ3n) is 3.71. The van der Waals surface area contributed by atoms with Gasteiger partial charge in [-0.05, 0) is 40.3 Å². The first kappa shape index (κ1) is 16.6.